The van der Waals surface area contributed by atoms with Gasteiger partial charge in [0.05, 0.1) is 0 Å². The number of rotatable bonds is 2. The molecule has 0 aromatic carbocycles. The van der Waals surface area contributed by atoms with E-state index in [9.17, 15) is 0 Å². The van der Waals surface area contributed by atoms with E-state index in [2.05, 4.69) is 0 Å². The first-order chi connectivity index (χ1) is 4.20. The molecule has 0 spiro atoms. The van der Waals surface area contributed by atoms with Crippen molar-refractivity contribution in [2.24, 2.45) is 0 Å². The van der Waals surface area contributed by atoms with Gasteiger partial charge >= 0.3 is 52.7 Å². The van der Waals surface area contributed by atoms with Crippen molar-refractivity contribution >= 4 is 8.17 Å². The molecule has 0 atom stereocenters. The topological polar surface area (TPSA) is 36.9 Å². The van der Waals surface area contributed by atoms with E-state index in [0.717, 1.165) is 0 Å². The van der Waals surface area contributed by atoms with E-state index in [1.165, 1.54) is 0 Å². The average Bonchev–Trinajstić information content (AvgIpc) is 1.50. The van der Waals surface area contributed by atoms with Crippen LogP contribution in [0.3, 0.4) is 0 Å². The van der Waals surface area contributed by atoms with Gasteiger partial charge in [-0.1, -0.05) is 0 Å². The van der Waals surface area contributed by atoms with Crippen molar-refractivity contribution in [1.82, 2.24) is 0 Å². The van der Waals surface area contributed by atoms with E-state index in [1.54, 1.807) is 0 Å². The summed E-state index contributed by atoms with van der Waals surface area (Å²) in [4.78, 5) is 0. The Morgan fingerprint density at radius 3 is 2.00 bits per heavy atom. The SMILES string of the molecule is CC(C)O[PH]12OC(O1)O2. The molecule has 9 heavy (non-hydrogen) atoms. The Morgan fingerprint density at radius 1 is 1.33 bits per heavy atom. The van der Waals surface area contributed by atoms with Crippen molar-refractivity contribution in [3.8, 4) is 0 Å². The van der Waals surface area contributed by atoms with E-state index in [1.807, 2.05) is 13.8 Å². The van der Waals surface area contributed by atoms with E-state index in [-0.39, 0.29) is 6.10 Å². The van der Waals surface area contributed by atoms with Crippen LogP contribution < -0.4 is 0 Å². The van der Waals surface area contributed by atoms with Gasteiger partial charge in [-0.15, -0.1) is 0 Å². The molecule has 54 valence electrons. The zero-order chi connectivity index (χ0) is 6.48. The molecular formula is C4H9O4P. The van der Waals surface area contributed by atoms with Gasteiger partial charge in [-0.2, -0.15) is 0 Å². The van der Waals surface area contributed by atoms with E-state index >= 15 is 0 Å². The van der Waals surface area contributed by atoms with E-state index in [4.69, 9.17) is 18.1 Å². The third-order valence-electron chi connectivity index (χ3n) is 1.10. The minimum absolute atomic E-state index is 0.123. The van der Waals surface area contributed by atoms with E-state index in [0.29, 0.717) is 0 Å². The van der Waals surface area contributed by atoms with Crippen LogP contribution in [0.25, 0.3) is 0 Å². The number of hydrogen-bond acceptors (Lipinski definition) is 4. The molecule has 4 nitrogen and oxygen atoms in total. The van der Waals surface area contributed by atoms with Gasteiger partial charge in [0, 0.05) is 0 Å². The summed E-state index contributed by atoms with van der Waals surface area (Å²) in [6.07, 6.45) is 0.123. The molecule has 0 aromatic rings. The van der Waals surface area contributed by atoms with Crippen molar-refractivity contribution in [3.63, 3.8) is 0 Å². The van der Waals surface area contributed by atoms with Crippen LogP contribution in [0.2, 0.25) is 0 Å². The fourth-order valence-electron chi connectivity index (χ4n) is 0.752. The molecule has 3 saturated heterocycles. The minimum atomic E-state index is -2.42. The molecule has 0 unspecified atom stereocenters. The Bertz CT molecular complexity index is 120. The molecule has 3 rings (SSSR count). The fraction of sp³-hybridized carbons (Fsp3) is 1.00. The van der Waals surface area contributed by atoms with Gasteiger partial charge in [0.1, 0.15) is 0 Å². The molecule has 5 heteroatoms. The van der Waals surface area contributed by atoms with Gasteiger partial charge in [-0.3, -0.25) is 0 Å². The molecule has 0 aromatic heterocycles. The van der Waals surface area contributed by atoms with Gasteiger partial charge in [0.15, 0.2) is 0 Å². The fourth-order valence-corrected chi connectivity index (χ4v) is 2.26. The first-order valence-corrected chi connectivity index (χ1v) is 4.55. The molecule has 0 aliphatic carbocycles. The second-order valence-corrected chi connectivity index (χ2v) is 4.25. The third kappa shape index (κ3) is 0.791. The van der Waals surface area contributed by atoms with E-state index < -0.39 is 14.6 Å². The van der Waals surface area contributed by atoms with Crippen LogP contribution in [0.5, 0.6) is 0 Å². The van der Waals surface area contributed by atoms with Crippen molar-refractivity contribution in [2.75, 3.05) is 0 Å². The van der Waals surface area contributed by atoms with Crippen LogP contribution in [0.4, 0.5) is 0 Å². The maximum atomic E-state index is 5.21. The Labute approximate surface area is 53.7 Å². The molecule has 0 N–H and O–H groups in total. The van der Waals surface area contributed by atoms with Gasteiger partial charge in [0.25, 0.3) is 0 Å². The molecule has 3 fully saturated rings. The predicted molar refractivity (Wildman–Crippen MR) is 31.6 cm³/mol. The molecule has 0 amide bonds. The maximum absolute atomic E-state index is 5.21. The third-order valence-corrected chi connectivity index (χ3v) is 3.31. The summed E-state index contributed by atoms with van der Waals surface area (Å²) in [7, 11) is -2.42. The normalized spacial score (nSPS) is 39.2. The summed E-state index contributed by atoms with van der Waals surface area (Å²) in [6.45, 7) is 3.45. The first kappa shape index (κ1) is 6.01. The molecule has 2 bridgehead atoms. The van der Waals surface area contributed by atoms with Crippen LogP contribution in [-0.2, 0) is 18.1 Å². The van der Waals surface area contributed by atoms with Crippen molar-refractivity contribution in [3.05, 3.63) is 0 Å². The summed E-state index contributed by atoms with van der Waals surface area (Å²) >= 11 is 0. The van der Waals surface area contributed by atoms with Crippen molar-refractivity contribution in [1.29, 1.82) is 0 Å². The molecule has 0 radical (unpaired) electrons. The van der Waals surface area contributed by atoms with Crippen molar-refractivity contribution < 1.29 is 18.1 Å². The summed E-state index contributed by atoms with van der Waals surface area (Å²) < 4.78 is 20.2. The Hall–Kier alpha value is 0.270. The average molecular weight is 152 g/mol. The second-order valence-electron chi connectivity index (χ2n) is 2.31. The van der Waals surface area contributed by atoms with Gasteiger partial charge in [-0.05, 0) is 0 Å². The van der Waals surface area contributed by atoms with Crippen LogP contribution in [0.1, 0.15) is 13.8 Å². The number of hydrogen-bond donors (Lipinski definition) is 0. The zero-order valence-electron chi connectivity index (χ0n) is 5.29. The molecule has 0 saturated carbocycles. The van der Waals surface area contributed by atoms with Crippen LogP contribution in [0, 0.1) is 0 Å². The summed E-state index contributed by atoms with van der Waals surface area (Å²) in [5.41, 5.74) is 0. The Kier molecular flexibility index (Phi) is 1.10. The monoisotopic (exact) mass is 152 g/mol. The van der Waals surface area contributed by atoms with Crippen LogP contribution in [-0.4, -0.2) is 12.6 Å². The molecular weight excluding hydrogens is 143 g/mol. The standard InChI is InChI=1S/C4H9O4P/c1-3(2)5-9-6-4(7-9)8-9/h3-4,9H,1-2H3. The van der Waals surface area contributed by atoms with Gasteiger partial charge in [-0.25, -0.2) is 0 Å². The van der Waals surface area contributed by atoms with Crippen LogP contribution >= 0.6 is 8.17 Å². The summed E-state index contributed by atoms with van der Waals surface area (Å²) in [5, 5.41) is 0. The predicted octanol–water partition coefficient (Wildman–Crippen LogP) is 1.18. The van der Waals surface area contributed by atoms with Crippen LogP contribution in [0.15, 0.2) is 0 Å². The molecule has 3 heterocycles. The molecule has 3 aliphatic heterocycles. The Morgan fingerprint density at radius 2 is 1.89 bits per heavy atom. The Balaban J connectivity index is 1.85. The summed E-state index contributed by atoms with van der Waals surface area (Å²) in [5.74, 6) is 0. The second kappa shape index (κ2) is 1.65. The zero-order valence-corrected chi connectivity index (χ0v) is 6.29. The van der Waals surface area contributed by atoms with Gasteiger partial charge < -0.3 is 0 Å². The first-order valence-electron chi connectivity index (χ1n) is 2.91. The van der Waals surface area contributed by atoms with Crippen molar-refractivity contribution in [2.45, 2.75) is 26.4 Å². The molecule has 3 aliphatic rings. The quantitative estimate of drug-likeness (QED) is 0.557. The van der Waals surface area contributed by atoms with Gasteiger partial charge in [0.2, 0.25) is 0 Å². The summed E-state index contributed by atoms with van der Waals surface area (Å²) in [6, 6.07) is 0.